The molecule has 4 aromatic rings. The number of aromatic amines is 1. The molecule has 0 bridgehead atoms. The number of phenols is 1. The highest BCUT2D eigenvalue weighted by Gasteiger charge is 2.08. The average molecular weight is 322 g/mol. The van der Waals surface area contributed by atoms with Crippen molar-refractivity contribution in [2.75, 3.05) is 11.9 Å². The van der Waals surface area contributed by atoms with E-state index in [1.165, 1.54) is 29.4 Å². The predicted molar refractivity (Wildman–Crippen MR) is 91.7 cm³/mol. The number of fused-ring (bicyclic) bond motifs is 2. The maximum Gasteiger partial charge on any atom is 0.166 e. The summed E-state index contributed by atoms with van der Waals surface area (Å²) >= 11 is 0. The Labute approximate surface area is 137 Å². The van der Waals surface area contributed by atoms with Gasteiger partial charge in [-0.05, 0) is 41.6 Å². The molecule has 0 aliphatic heterocycles. The first kappa shape index (κ1) is 14.4. The van der Waals surface area contributed by atoms with Crippen LogP contribution in [0.1, 0.15) is 5.56 Å². The predicted octanol–water partition coefficient (Wildman–Crippen LogP) is 3.61. The van der Waals surface area contributed by atoms with Crippen LogP contribution < -0.4 is 5.32 Å². The fourth-order valence-corrected chi connectivity index (χ4v) is 2.79. The Morgan fingerprint density at radius 3 is 2.96 bits per heavy atom. The Hall–Kier alpha value is -3.15. The van der Waals surface area contributed by atoms with E-state index in [1.54, 1.807) is 0 Å². The number of halogens is 1. The summed E-state index contributed by atoms with van der Waals surface area (Å²) in [6.45, 7) is 0.667. The quantitative estimate of drug-likeness (QED) is 0.536. The number of hydrogen-bond acceptors (Lipinski definition) is 4. The van der Waals surface area contributed by atoms with Crippen LogP contribution in [0.3, 0.4) is 0 Å². The third-order valence-electron chi connectivity index (χ3n) is 4.03. The van der Waals surface area contributed by atoms with Gasteiger partial charge in [-0.1, -0.05) is 6.07 Å². The first-order chi connectivity index (χ1) is 11.7. The van der Waals surface area contributed by atoms with Crippen molar-refractivity contribution < 1.29 is 9.50 Å². The van der Waals surface area contributed by atoms with Gasteiger partial charge >= 0.3 is 0 Å². The second kappa shape index (κ2) is 5.81. The van der Waals surface area contributed by atoms with Gasteiger partial charge < -0.3 is 15.4 Å². The highest BCUT2D eigenvalue weighted by atomic mass is 19.1. The lowest BCUT2D eigenvalue weighted by molar-refractivity contribution is 0.433. The normalized spacial score (nSPS) is 11.2. The largest absolute Gasteiger partial charge is 0.505 e. The molecule has 0 aliphatic carbocycles. The van der Waals surface area contributed by atoms with Crippen LogP contribution >= 0.6 is 0 Å². The van der Waals surface area contributed by atoms with Crippen LogP contribution in [-0.4, -0.2) is 26.6 Å². The van der Waals surface area contributed by atoms with Crippen molar-refractivity contribution in [3.8, 4) is 5.75 Å². The van der Waals surface area contributed by atoms with Crippen LogP contribution in [0, 0.1) is 5.82 Å². The van der Waals surface area contributed by atoms with Gasteiger partial charge in [0.05, 0.1) is 5.52 Å². The van der Waals surface area contributed by atoms with Gasteiger partial charge in [-0.3, -0.25) is 0 Å². The number of aromatic hydroxyl groups is 1. The molecular formula is C18H15FN4O. The molecule has 0 aliphatic rings. The topological polar surface area (TPSA) is 73.8 Å². The third kappa shape index (κ3) is 2.62. The number of nitrogens with zero attached hydrogens (tertiary/aromatic N) is 2. The first-order valence-corrected chi connectivity index (χ1v) is 7.64. The van der Waals surface area contributed by atoms with Gasteiger partial charge in [-0.15, -0.1) is 0 Å². The van der Waals surface area contributed by atoms with Crippen molar-refractivity contribution in [2.24, 2.45) is 0 Å². The number of rotatable bonds is 4. The average Bonchev–Trinajstić information content (AvgIpc) is 3.04. The van der Waals surface area contributed by atoms with Gasteiger partial charge in [0, 0.05) is 29.7 Å². The lowest BCUT2D eigenvalue weighted by Gasteiger charge is -2.09. The number of aromatic nitrogens is 3. The van der Waals surface area contributed by atoms with Crippen molar-refractivity contribution in [3.05, 3.63) is 60.3 Å². The minimum absolute atomic E-state index is 0.404. The molecule has 4 rings (SSSR count). The van der Waals surface area contributed by atoms with Gasteiger partial charge in [0.25, 0.3) is 0 Å². The highest BCUT2D eigenvalue weighted by Crippen LogP contribution is 2.26. The number of hydrogen-bond donors (Lipinski definition) is 3. The molecule has 6 heteroatoms. The Balaban J connectivity index is 1.53. The van der Waals surface area contributed by atoms with Crippen LogP contribution in [-0.2, 0) is 6.42 Å². The smallest absolute Gasteiger partial charge is 0.166 e. The van der Waals surface area contributed by atoms with Crippen LogP contribution in [0.15, 0.2) is 48.9 Å². The minimum atomic E-state index is -0.688. The van der Waals surface area contributed by atoms with Gasteiger partial charge in [0.1, 0.15) is 12.1 Å². The molecule has 0 saturated carbocycles. The number of anilines is 1. The molecular weight excluding hydrogens is 307 g/mol. The molecule has 0 saturated heterocycles. The number of benzene rings is 2. The molecule has 0 radical (unpaired) electrons. The number of phenolic OH excluding ortho intramolecular Hbond substituents is 1. The summed E-state index contributed by atoms with van der Waals surface area (Å²) in [7, 11) is 0. The molecule has 2 aromatic heterocycles. The van der Waals surface area contributed by atoms with E-state index in [0.29, 0.717) is 23.3 Å². The molecule has 24 heavy (non-hydrogen) atoms. The highest BCUT2D eigenvalue weighted by molar-refractivity contribution is 5.90. The third-order valence-corrected chi connectivity index (χ3v) is 4.03. The van der Waals surface area contributed by atoms with Gasteiger partial charge in [0.15, 0.2) is 11.6 Å². The summed E-state index contributed by atoms with van der Waals surface area (Å²) < 4.78 is 13.4. The zero-order valence-corrected chi connectivity index (χ0v) is 12.8. The summed E-state index contributed by atoms with van der Waals surface area (Å²) in [5.74, 6) is -0.511. The van der Waals surface area contributed by atoms with Gasteiger partial charge in [-0.2, -0.15) is 0 Å². The van der Waals surface area contributed by atoms with E-state index in [9.17, 15) is 9.50 Å². The SMILES string of the molecule is Oc1cc2c(NCCc3ccc4[nH]ccc4c3)ncnc2cc1F. The van der Waals surface area contributed by atoms with Crippen molar-refractivity contribution >= 4 is 27.6 Å². The van der Waals surface area contributed by atoms with Crippen LogP contribution in [0.25, 0.3) is 21.8 Å². The maximum absolute atomic E-state index is 13.4. The molecule has 0 spiro atoms. The Morgan fingerprint density at radius 2 is 2.04 bits per heavy atom. The van der Waals surface area contributed by atoms with E-state index in [2.05, 4.69) is 38.5 Å². The Bertz CT molecular complexity index is 1030. The molecule has 3 N–H and O–H groups in total. The Kier molecular flexibility index (Phi) is 3.49. The summed E-state index contributed by atoms with van der Waals surface area (Å²) in [6.07, 6.45) is 4.12. The van der Waals surface area contributed by atoms with Crippen molar-refractivity contribution in [3.63, 3.8) is 0 Å². The summed E-state index contributed by atoms with van der Waals surface area (Å²) in [5.41, 5.74) is 2.78. The molecule has 0 fully saturated rings. The zero-order valence-electron chi connectivity index (χ0n) is 12.8. The van der Waals surface area contributed by atoms with E-state index in [0.717, 1.165) is 11.9 Å². The minimum Gasteiger partial charge on any atom is -0.505 e. The van der Waals surface area contributed by atoms with E-state index in [-0.39, 0.29) is 0 Å². The fourth-order valence-electron chi connectivity index (χ4n) is 2.79. The van der Waals surface area contributed by atoms with Gasteiger partial charge in [-0.25, -0.2) is 14.4 Å². The van der Waals surface area contributed by atoms with E-state index in [1.807, 2.05) is 12.3 Å². The van der Waals surface area contributed by atoms with Crippen LogP contribution in [0.2, 0.25) is 0 Å². The second-order valence-electron chi connectivity index (χ2n) is 5.62. The zero-order chi connectivity index (χ0) is 16.5. The lowest BCUT2D eigenvalue weighted by Crippen LogP contribution is -2.07. The molecule has 0 atom stereocenters. The van der Waals surface area contributed by atoms with Crippen LogP contribution in [0.4, 0.5) is 10.2 Å². The lowest BCUT2D eigenvalue weighted by atomic mass is 10.1. The fraction of sp³-hybridized carbons (Fsp3) is 0.111. The van der Waals surface area contributed by atoms with E-state index < -0.39 is 11.6 Å². The molecule has 120 valence electrons. The molecule has 2 heterocycles. The molecule has 0 unspecified atom stereocenters. The molecule has 5 nitrogen and oxygen atoms in total. The molecule has 0 amide bonds. The number of nitrogens with one attached hydrogen (secondary N) is 2. The van der Waals surface area contributed by atoms with Crippen molar-refractivity contribution in [1.29, 1.82) is 0 Å². The van der Waals surface area contributed by atoms with Crippen LogP contribution in [0.5, 0.6) is 5.75 Å². The summed E-state index contributed by atoms with van der Waals surface area (Å²) in [5, 5.41) is 14.6. The Morgan fingerprint density at radius 1 is 1.12 bits per heavy atom. The number of H-pyrrole nitrogens is 1. The second-order valence-corrected chi connectivity index (χ2v) is 5.62. The standard InChI is InChI=1S/C18H15FN4O/c19-14-9-16-13(8-17(14)24)18(23-10-22-16)21-5-3-11-1-2-15-12(7-11)4-6-20-15/h1-2,4,6-10,20,24H,3,5H2,(H,21,22,23). The maximum atomic E-state index is 13.4. The van der Waals surface area contributed by atoms with Gasteiger partial charge in [0.2, 0.25) is 0 Å². The summed E-state index contributed by atoms with van der Waals surface area (Å²) in [4.78, 5) is 11.4. The van der Waals surface area contributed by atoms with E-state index >= 15 is 0 Å². The monoisotopic (exact) mass is 322 g/mol. The summed E-state index contributed by atoms with van der Waals surface area (Å²) in [6, 6.07) is 10.9. The van der Waals surface area contributed by atoms with E-state index in [4.69, 9.17) is 0 Å². The first-order valence-electron chi connectivity index (χ1n) is 7.64. The van der Waals surface area contributed by atoms with Crippen molar-refractivity contribution in [2.45, 2.75) is 6.42 Å². The molecule has 2 aromatic carbocycles. The van der Waals surface area contributed by atoms with Crippen molar-refractivity contribution in [1.82, 2.24) is 15.0 Å².